The van der Waals surface area contributed by atoms with Crippen LogP contribution in [0.15, 0.2) is 36.5 Å². The van der Waals surface area contributed by atoms with E-state index in [1.165, 1.54) is 0 Å². The van der Waals surface area contributed by atoms with Gasteiger partial charge in [0.05, 0.1) is 12.8 Å². The molecule has 0 radical (unpaired) electrons. The molecule has 1 N–H and O–H groups in total. The minimum absolute atomic E-state index is 0.0162. The van der Waals surface area contributed by atoms with Crippen LogP contribution in [0.4, 0.5) is 0 Å². The van der Waals surface area contributed by atoms with Gasteiger partial charge in [0.1, 0.15) is 5.75 Å². The fourth-order valence-corrected chi connectivity index (χ4v) is 2.97. The molecule has 0 aliphatic carbocycles. The topological polar surface area (TPSA) is 59.4 Å². The zero-order chi connectivity index (χ0) is 16.4. The molecule has 0 bridgehead atoms. The van der Waals surface area contributed by atoms with E-state index in [-0.39, 0.29) is 5.91 Å². The Morgan fingerprint density at radius 1 is 1.17 bits per heavy atom. The Bertz CT molecular complexity index is 670. The molecule has 1 saturated heterocycles. The Morgan fingerprint density at radius 3 is 2.43 bits per heavy atom. The number of nitrogens with zero attached hydrogens (tertiary/aromatic N) is 3. The standard InChI is InChI=1S/C17H22N4O2/c1-12-10-20(11-13(2)18-12)17(22)16-8-9-21(19-16)14-4-6-15(23-3)7-5-14/h4-9,12-13,18H,10-11H2,1-3H3/t12-,13+. The van der Waals surface area contributed by atoms with Crippen molar-refractivity contribution in [2.75, 3.05) is 20.2 Å². The maximum absolute atomic E-state index is 12.6. The molecule has 1 aliphatic heterocycles. The highest BCUT2D eigenvalue weighted by Crippen LogP contribution is 2.15. The summed E-state index contributed by atoms with van der Waals surface area (Å²) in [6.45, 7) is 5.59. The van der Waals surface area contributed by atoms with Crippen LogP contribution in [0, 0.1) is 0 Å². The number of rotatable bonds is 3. The van der Waals surface area contributed by atoms with Crippen molar-refractivity contribution in [2.24, 2.45) is 0 Å². The summed E-state index contributed by atoms with van der Waals surface area (Å²) in [6, 6.07) is 9.93. The Morgan fingerprint density at radius 2 is 1.83 bits per heavy atom. The van der Waals surface area contributed by atoms with Gasteiger partial charge in [-0.05, 0) is 44.2 Å². The van der Waals surface area contributed by atoms with E-state index in [2.05, 4.69) is 24.3 Å². The van der Waals surface area contributed by atoms with Crippen molar-refractivity contribution in [2.45, 2.75) is 25.9 Å². The lowest BCUT2D eigenvalue weighted by Gasteiger charge is -2.35. The van der Waals surface area contributed by atoms with Gasteiger partial charge < -0.3 is 15.0 Å². The first-order valence-corrected chi connectivity index (χ1v) is 7.82. The van der Waals surface area contributed by atoms with Crippen molar-refractivity contribution in [3.8, 4) is 11.4 Å². The summed E-state index contributed by atoms with van der Waals surface area (Å²) >= 11 is 0. The molecule has 2 heterocycles. The van der Waals surface area contributed by atoms with E-state index in [4.69, 9.17) is 4.74 Å². The molecule has 6 nitrogen and oxygen atoms in total. The first kappa shape index (κ1) is 15.6. The summed E-state index contributed by atoms with van der Waals surface area (Å²) in [4.78, 5) is 14.5. The second-order valence-corrected chi connectivity index (χ2v) is 6.02. The number of benzene rings is 1. The molecule has 23 heavy (non-hydrogen) atoms. The van der Waals surface area contributed by atoms with Crippen LogP contribution in [0.5, 0.6) is 5.75 Å². The lowest BCUT2D eigenvalue weighted by atomic mass is 10.1. The van der Waals surface area contributed by atoms with Crippen LogP contribution in [-0.2, 0) is 0 Å². The highest BCUT2D eigenvalue weighted by Gasteiger charge is 2.26. The fraction of sp³-hybridized carbons (Fsp3) is 0.412. The number of nitrogens with one attached hydrogen (secondary N) is 1. The van der Waals surface area contributed by atoms with Gasteiger partial charge in [-0.1, -0.05) is 0 Å². The minimum Gasteiger partial charge on any atom is -0.497 e. The number of carbonyl (C=O) groups excluding carboxylic acids is 1. The van der Waals surface area contributed by atoms with Crippen LogP contribution in [0.3, 0.4) is 0 Å². The van der Waals surface area contributed by atoms with Gasteiger partial charge in [0.2, 0.25) is 0 Å². The van der Waals surface area contributed by atoms with Crippen LogP contribution in [0.2, 0.25) is 0 Å². The van der Waals surface area contributed by atoms with Gasteiger partial charge in [0.15, 0.2) is 5.69 Å². The van der Waals surface area contributed by atoms with E-state index in [9.17, 15) is 4.79 Å². The second kappa shape index (κ2) is 6.42. The molecule has 0 spiro atoms. The molecule has 3 rings (SSSR count). The Hall–Kier alpha value is -2.34. The molecule has 1 fully saturated rings. The quantitative estimate of drug-likeness (QED) is 0.937. The number of hydrogen-bond acceptors (Lipinski definition) is 4. The maximum Gasteiger partial charge on any atom is 0.274 e. The summed E-state index contributed by atoms with van der Waals surface area (Å²) < 4.78 is 6.86. The van der Waals surface area contributed by atoms with Crippen molar-refractivity contribution in [1.82, 2.24) is 20.0 Å². The van der Waals surface area contributed by atoms with Gasteiger partial charge in [0, 0.05) is 31.4 Å². The Balaban J connectivity index is 1.76. The molecule has 2 aromatic rings. The molecule has 1 aromatic carbocycles. The zero-order valence-electron chi connectivity index (χ0n) is 13.7. The number of carbonyl (C=O) groups is 1. The molecule has 1 aliphatic rings. The van der Waals surface area contributed by atoms with Crippen LogP contribution < -0.4 is 10.1 Å². The number of aromatic nitrogens is 2. The SMILES string of the molecule is COc1ccc(-n2ccc(C(=O)N3C[C@@H](C)N[C@@H](C)C3)n2)cc1. The summed E-state index contributed by atoms with van der Waals surface area (Å²) in [7, 11) is 1.63. The highest BCUT2D eigenvalue weighted by molar-refractivity contribution is 5.92. The Kier molecular flexibility index (Phi) is 4.34. The van der Waals surface area contributed by atoms with E-state index < -0.39 is 0 Å². The van der Waals surface area contributed by atoms with E-state index in [1.54, 1.807) is 17.9 Å². The molecule has 1 aromatic heterocycles. The number of piperazine rings is 1. The maximum atomic E-state index is 12.6. The number of amides is 1. The number of hydrogen-bond donors (Lipinski definition) is 1. The first-order valence-electron chi connectivity index (χ1n) is 7.82. The molecule has 1 amide bonds. The fourth-order valence-electron chi connectivity index (χ4n) is 2.97. The van der Waals surface area contributed by atoms with Crippen molar-refractivity contribution in [3.63, 3.8) is 0 Å². The van der Waals surface area contributed by atoms with Crippen LogP contribution in [-0.4, -0.2) is 52.9 Å². The van der Waals surface area contributed by atoms with Crippen LogP contribution in [0.25, 0.3) is 5.69 Å². The second-order valence-electron chi connectivity index (χ2n) is 6.02. The molecule has 0 saturated carbocycles. The van der Waals surface area contributed by atoms with Crippen molar-refractivity contribution in [3.05, 3.63) is 42.2 Å². The molecule has 6 heteroatoms. The van der Waals surface area contributed by atoms with Gasteiger partial charge >= 0.3 is 0 Å². The summed E-state index contributed by atoms with van der Waals surface area (Å²) in [5.74, 6) is 0.776. The third-order valence-corrected chi connectivity index (χ3v) is 3.99. The molecule has 0 unspecified atom stereocenters. The average molecular weight is 314 g/mol. The minimum atomic E-state index is -0.0162. The monoisotopic (exact) mass is 314 g/mol. The third-order valence-electron chi connectivity index (χ3n) is 3.99. The highest BCUT2D eigenvalue weighted by atomic mass is 16.5. The van der Waals surface area contributed by atoms with Gasteiger partial charge in [-0.2, -0.15) is 5.10 Å². The molecular weight excluding hydrogens is 292 g/mol. The van der Waals surface area contributed by atoms with Crippen LogP contribution in [0.1, 0.15) is 24.3 Å². The predicted molar refractivity (Wildman–Crippen MR) is 88.1 cm³/mol. The van der Waals surface area contributed by atoms with Gasteiger partial charge in [-0.3, -0.25) is 4.79 Å². The average Bonchev–Trinajstić information content (AvgIpc) is 3.03. The summed E-state index contributed by atoms with van der Waals surface area (Å²) in [6.07, 6.45) is 1.81. The van der Waals surface area contributed by atoms with Gasteiger partial charge in [-0.25, -0.2) is 4.68 Å². The van der Waals surface area contributed by atoms with E-state index >= 15 is 0 Å². The summed E-state index contributed by atoms with van der Waals surface area (Å²) in [5, 5.41) is 7.85. The van der Waals surface area contributed by atoms with Crippen LogP contribution >= 0.6 is 0 Å². The third kappa shape index (κ3) is 3.37. The van der Waals surface area contributed by atoms with Crippen molar-refractivity contribution >= 4 is 5.91 Å². The smallest absolute Gasteiger partial charge is 0.274 e. The predicted octanol–water partition coefficient (Wildman–Crippen LogP) is 1.70. The van der Waals surface area contributed by atoms with E-state index in [0.29, 0.717) is 30.9 Å². The zero-order valence-corrected chi connectivity index (χ0v) is 13.7. The normalized spacial score (nSPS) is 21.3. The first-order chi connectivity index (χ1) is 11.1. The van der Waals surface area contributed by atoms with Crippen molar-refractivity contribution < 1.29 is 9.53 Å². The van der Waals surface area contributed by atoms with Gasteiger partial charge in [-0.15, -0.1) is 0 Å². The largest absolute Gasteiger partial charge is 0.497 e. The lowest BCUT2D eigenvalue weighted by molar-refractivity contribution is 0.0667. The number of ether oxygens (including phenoxy) is 1. The number of methoxy groups -OCH3 is 1. The van der Waals surface area contributed by atoms with E-state index in [0.717, 1.165) is 11.4 Å². The summed E-state index contributed by atoms with van der Waals surface area (Å²) in [5.41, 5.74) is 1.37. The molecule has 122 valence electrons. The van der Waals surface area contributed by atoms with Crippen molar-refractivity contribution in [1.29, 1.82) is 0 Å². The van der Waals surface area contributed by atoms with E-state index in [1.807, 2.05) is 35.4 Å². The van der Waals surface area contributed by atoms with Gasteiger partial charge in [0.25, 0.3) is 5.91 Å². The Labute approximate surface area is 136 Å². The molecular formula is C17H22N4O2. The molecule has 2 atom stereocenters. The lowest BCUT2D eigenvalue weighted by Crippen LogP contribution is -2.55.